The van der Waals surface area contributed by atoms with Gasteiger partial charge >= 0.3 is 0 Å². The molecule has 4 atom stereocenters. The molecule has 50 heavy (non-hydrogen) atoms. The van der Waals surface area contributed by atoms with Crippen LogP contribution in [0.1, 0.15) is 26.3 Å². The Bertz CT molecular complexity index is 1720. The van der Waals surface area contributed by atoms with Crippen LogP contribution in [0.25, 0.3) is 22.3 Å². The predicted octanol–water partition coefficient (Wildman–Crippen LogP) is 7.05. The SMILES string of the molecule is C#Cc1c(O[C@@H]2CO[C@@H]3C(O[Si](C)(C)C(C)(C)C)CO[C@@H]32)n(COCC[Si](C)(C)C)c2ccc(-c3c(F)cc(N4CCOCC4)cc3F)nc12. The van der Waals surface area contributed by atoms with E-state index in [0.29, 0.717) is 74.3 Å². The van der Waals surface area contributed by atoms with Crippen LogP contribution in [0.15, 0.2) is 24.3 Å². The number of rotatable bonds is 11. The van der Waals surface area contributed by atoms with E-state index in [0.717, 1.165) is 6.04 Å². The number of benzene rings is 1. The van der Waals surface area contributed by atoms with Gasteiger partial charge in [-0.1, -0.05) is 46.3 Å². The second-order valence-electron chi connectivity index (χ2n) is 16.2. The average Bonchev–Trinajstić information content (AvgIpc) is 3.71. The lowest BCUT2D eigenvalue weighted by atomic mass is 10.1. The van der Waals surface area contributed by atoms with E-state index in [1.54, 1.807) is 12.1 Å². The van der Waals surface area contributed by atoms with Gasteiger partial charge in [0.05, 0.1) is 49.3 Å². The summed E-state index contributed by atoms with van der Waals surface area (Å²) < 4.78 is 70.7. The molecule has 3 aromatic rings. The topological polar surface area (TPSA) is 76.4 Å². The zero-order valence-electron chi connectivity index (χ0n) is 30.6. The summed E-state index contributed by atoms with van der Waals surface area (Å²) in [5.74, 6) is 1.74. The Morgan fingerprint density at radius 3 is 2.24 bits per heavy atom. The van der Waals surface area contributed by atoms with Gasteiger partial charge in [-0.05, 0) is 48.4 Å². The molecule has 0 amide bonds. The second kappa shape index (κ2) is 14.3. The third-order valence-corrected chi connectivity index (χ3v) is 16.6. The molecule has 9 nitrogen and oxygen atoms in total. The van der Waals surface area contributed by atoms with Crippen molar-refractivity contribution in [2.75, 3.05) is 51.0 Å². The van der Waals surface area contributed by atoms with Crippen molar-refractivity contribution >= 4 is 33.1 Å². The molecular weight excluding hydrogens is 677 g/mol. The van der Waals surface area contributed by atoms with E-state index < -0.39 is 34.1 Å². The number of morpholine rings is 1. The molecule has 0 radical (unpaired) electrons. The zero-order valence-corrected chi connectivity index (χ0v) is 32.6. The summed E-state index contributed by atoms with van der Waals surface area (Å²) in [6, 6.07) is 7.06. The number of hydrogen-bond donors (Lipinski definition) is 0. The van der Waals surface area contributed by atoms with Crippen molar-refractivity contribution in [2.45, 2.75) is 95.7 Å². The molecule has 0 spiro atoms. The van der Waals surface area contributed by atoms with Crippen LogP contribution in [0.5, 0.6) is 5.88 Å². The minimum absolute atomic E-state index is 0.0418. The lowest BCUT2D eigenvalue weighted by Crippen LogP contribution is -2.47. The first-order chi connectivity index (χ1) is 23.6. The molecule has 3 fully saturated rings. The summed E-state index contributed by atoms with van der Waals surface area (Å²) in [5.41, 5.74) is 1.79. The van der Waals surface area contributed by atoms with Crippen LogP contribution in [0.3, 0.4) is 0 Å². The van der Waals surface area contributed by atoms with Gasteiger partial charge in [-0.15, -0.1) is 6.42 Å². The Balaban J connectivity index is 1.32. The lowest BCUT2D eigenvalue weighted by molar-refractivity contribution is 0.00850. The van der Waals surface area contributed by atoms with Crippen molar-refractivity contribution < 1.29 is 36.9 Å². The van der Waals surface area contributed by atoms with Crippen LogP contribution in [0.4, 0.5) is 14.5 Å². The van der Waals surface area contributed by atoms with Gasteiger partial charge in [0.1, 0.15) is 41.7 Å². The van der Waals surface area contributed by atoms with Crippen molar-refractivity contribution in [3.05, 3.63) is 41.5 Å². The van der Waals surface area contributed by atoms with E-state index >= 15 is 8.78 Å². The number of anilines is 1. The molecule has 272 valence electrons. The molecule has 3 saturated heterocycles. The molecule has 0 bridgehead atoms. The Morgan fingerprint density at radius 1 is 0.980 bits per heavy atom. The predicted molar refractivity (Wildman–Crippen MR) is 196 cm³/mol. The van der Waals surface area contributed by atoms with Crippen molar-refractivity contribution in [1.82, 2.24) is 9.55 Å². The first-order valence-corrected chi connectivity index (χ1v) is 24.2. The molecular formula is C37H51F2N3O6Si2. The van der Waals surface area contributed by atoms with Crippen LogP contribution < -0.4 is 9.64 Å². The summed E-state index contributed by atoms with van der Waals surface area (Å²) in [4.78, 5) is 6.67. The number of aromatic nitrogens is 2. The van der Waals surface area contributed by atoms with E-state index in [-0.39, 0.29) is 41.3 Å². The Labute approximate surface area is 296 Å². The maximum atomic E-state index is 15.7. The molecule has 2 aromatic heterocycles. The third-order valence-electron chi connectivity index (χ3n) is 10.4. The molecule has 3 aliphatic heterocycles. The summed E-state index contributed by atoms with van der Waals surface area (Å²) in [5, 5.41) is 0.0418. The molecule has 5 heterocycles. The maximum Gasteiger partial charge on any atom is 0.214 e. The van der Waals surface area contributed by atoms with Gasteiger partial charge < -0.3 is 33.0 Å². The van der Waals surface area contributed by atoms with E-state index in [4.69, 9.17) is 39.5 Å². The van der Waals surface area contributed by atoms with Crippen LogP contribution >= 0.6 is 0 Å². The fraction of sp³-hybridized carbons (Fsp3) is 0.595. The molecule has 1 unspecified atom stereocenters. The Morgan fingerprint density at radius 2 is 1.62 bits per heavy atom. The van der Waals surface area contributed by atoms with Gasteiger partial charge in [0, 0.05) is 33.5 Å². The fourth-order valence-electron chi connectivity index (χ4n) is 6.39. The summed E-state index contributed by atoms with van der Waals surface area (Å²) >= 11 is 0. The minimum atomic E-state index is -2.07. The molecule has 1 aromatic carbocycles. The van der Waals surface area contributed by atoms with Crippen molar-refractivity contribution in [3.63, 3.8) is 0 Å². The minimum Gasteiger partial charge on any atom is -0.469 e. The van der Waals surface area contributed by atoms with Gasteiger partial charge in [0.15, 0.2) is 14.4 Å². The first kappa shape index (κ1) is 36.9. The molecule has 0 N–H and O–H groups in total. The number of fused-ring (bicyclic) bond motifs is 2. The smallest absolute Gasteiger partial charge is 0.214 e. The fourth-order valence-corrected chi connectivity index (χ4v) is 8.46. The maximum absolute atomic E-state index is 15.7. The molecule has 3 aliphatic rings. The van der Waals surface area contributed by atoms with E-state index in [1.807, 2.05) is 9.47 Å². The van der Waals surface area contributed by atoms with Crippen LogP contribution in [-0.4, -0.2) is 96.5 Å². The average molecular weight is 728 g/mol. The normalized spacial score (nSPS) is 23.0. The number of hydrogen-bond acceptors (Lipinski definition) is 8. The monoisotopic (exact) mass is 727 g/mol. The van der Waals surface area contributed by atoms with Gasteiger partial charge in [0.2, 0.25) is 5.88 Å². The van der Waals surface area contributed by atoms with Crippen molar-refractivity contribution in [1.29, 1.82) is 0 Å². The highest BCUT2D eigenvalue weighted by Gasteiger charge is 2.52. The highest BCUT2D eigenvalue weighted by atomic mass is 28.4. The highest BCUT2D eigenvalue weighted by Crippen LogP contribution is 2.42. The first-order valence-electron chi connectivity index (χ1n) is 17.6. The zero-order chi connectivity index (χ0) is 36.0. The Hall–Kier alpha value is -2.84. The summed E-state index contributed by atoms with van der Waals surface area (Å²) in [6.07, 6.45) is 4.86. The molecule has 0 aliphatic carbocycles. The molecule has 13 heteroatoms. The van der Waals surface area contributed by atoms with Gasteiger partial charge in [-0.25, -0.2) is 13.8 Å². The van der Waals surface area contributed by atoms with Gasteiger partial charge in [-0.2, -0.15) is 0 Å². The largest absolute Gasteiger partial charge is 0.469 e. The number of halogens is 2. The Kier molecular flexibility index (Phi) is 10.6. The number of terminal acetylenes is 1. The molecule has 0 saturated carbocycles. The van der Waals surface area contributed by atoms with Gasteiger partial charge in [-0.3, -0.25) is 4.57 Å². The number of pyridine rings is 1. The van der Waals surface area contributed by atoms with Crippen molar-refractivity contribution in [2.24, 2.45) is 0 Å². The standard InChI is InChI=1S/C37H51F2N3O6Si2/c1-10-25-33-29(12-11-28(40-33)32-26(38)19-24(20-27(32)39)41-13-15-43-16-14-41)42(23-44-17-18-49(5,6)7)36(25)47-30-21-45-35-31(22-46-34(30)35)48-50(8,9)37(2,3)4/h1,11-12,19-20,30-31,34-35H,13-18,21-23H2,2-9H3/t30-,31?,34-,35-/m1/s1. The highest BCUT2D eigenvalue weighted by molar-refractivity contribution is 6.76. The summed E-state index contributed by atoms with van der Waals surface area (Å²) in [6.45, 7) is 21.5. The van der Waals surface area contributed by atoms with E-state index in [1.165, 1.54) is 12.1 Å². The lowest BCUT2D eigenvalue weighted by Gasteiger charge is -2.39. The quantitative estimate of drug-likeness (QED) is 0.118. The van der Waals surface area contributed by atoms with E-state index in [9.17, 15) is 0 Å². The van der Waals surface area contributed by atoms with Gasteiger partial charge in [0.25, 0.3) is 0 Å². The van der Waals surface area contributed by atoms with Crippen LogP contribution in [0, 0.1) is 24.0 Å². The second-order valence-corrected chi connectivity index (χ2v) is 26.6. The number of ether oxygens (including phenoxy) is 5. The summed E-state index contributed by atoms with van der Waals surface area (Å²) in [7, 11) is -3.42. The van der Waals surface area contributed by atoms with Crippen molar-refractivity contribution in [3.8, 4) is 29.5 Å². The van der Waals surface area contributed by atoms with Crippen LogP contribution in [-0.2, 0) is 30.1 Å². The molecule has 6 rings (SSSR count). The third kappa shape index (κ3) is 7.53. The van der Waals surface area contributed by atoms with Crippen LogP contribution in [0.2, 0.25) is 43.8 Å². The number of nitrogens with zero attached hydrogens (tertiary/aromatic N) is 3. The van der Waals surface area contributed by atoms with E-state index in [2.05, 4.69) is 59.4 Å².